The third kappa shape index (κ3) is 6.92. The highest BCUT2D eigenvalue weighted by molar-refractivity contribution is 7.89. The van der Waals surface area contributed by atoms with Gasteiger partial charge in [0.05, 0.1) is 18.6 Å². The minimum absolute atomic E-state index is 0.00841. The van der Waals surface area contributed by atoms with Gasteiger partial charge < -0.3 is 15.1 Å². The van der Waals surface area contributed by atoms with Crippen LogP contribution in [-0.2, 0) is 16.4 Å². The summed E-state index contributed by atoms with van der Waals surface area (Å²) in [7, 11) is -3.25. The van der Waals surface area contributed by atoms with E-state index in [1.54, 1.807) is 6.26 Å². The lowest BCUT2D eigenvalue weighted by molar-refractivity contribution is 0.316. The van der Waals surface area contributed by atoms with Gasteiger partial charge in [-0.25, -0.2) is 13.1 Å². The van der Waals surface area contributed by atoms with Crippen LogP contribution in [-0.4, -0.2) is 46.3 Å². The first-order valence-electron chi connectivity index (χ1n) is 8.61. The molecule has 1 aliphatic rings. The van der Waals surface area contributed by atoms with Gasteiger partial charge in [-0.05, 0) is 37.8 Å². The van der Waals surface area contributed by atoms with E-state index in [0.717, 1.165) is 31.6 Å². The quantitative estimate of drug-likeness (QED) is 0.431. The molecule has 1 aliphatic carbocycles. The first kappa shape index (κ1) is 18.8. The fraction of sp³-hybridized carbons (Fsp3) is 0.688. The normalized spacial score (nSPS) is 16.0. The first-order chi connectivity index (χ1) is 11.6. The Balaban J connectivity index is 1.70. The molecule has 8 heteroatoms. The molecule has 0 aromatic carbocycles. The maximum atomic E-state index is 12.0. The van der Waals surface area contributed by atoms with Crippen molar-refractivity contribution in [2.75, 3.05) is 31.9 Å². The number of hydrogen-bond acceptors (Lipinski definition) is 4. The van der Waals surface area contributed by atoms with Gasteiger partial charge >= 0.3 is 0 Å². The third-order valence-corrected chi connectivity index (χ3v) is 5.36. The Bertz CT molecular complexity index is 595. The van der Waals surface area contributed by atoms with Crippen molar-refractivity contribution >= 4 is 16.0 Å². The lowest BCUT2D eigenvalue weighted by Gasteiger charge is -2.25. The highest BCUT2D eigenvalue weighted by Crippen LogP contribution is 2.25. The molecule has 0 amide bonds. The van der Waals surface area contributed by atoms with Crippen molar-refractivity contribution in [1.82, 2.24) is 15.4 Å². The molecule has 1 fully saturated rings. The van der Waals surface area contributed by atoms with Gasteiger partial charge in [0, 0.05) is 26.1 Å². The lowest BCUT2D eigenvalue weighted by Crippen LogP contribution is -2.39. The molecule has 1 aromatic rings. The summed E-state index contributed by atoms with van der Waals surface area (Å²) in [5.74, 6) is 2.05. The van der Waals surface area contributed by atoms with Crippen molar-refractivity contribution in [3.8, 4) is 0 Å². The molecule has 0 spiro atoms. The third-order valence-electron chi connectivity index (χ3n) is 4.03. The zero-order valence-corrected chi connectivity index (χ0v) is 15.1. The Morgan fingerprint density at radius 3 is 2.83 bits per heavy atom. The Morgan fingerprint density at radius 2 is 2.21 bits per heavy atom. The molecule has 0 aliphatic heterocycles. The standard InChI is InChI=1S/C16H28N4O3S/c1-2-17-16(18-9-8-15-7-4-11-23-15)19-10-12-24(21,22)20-13-14-5-3-6-14/h4,7,11,14,20H,2-3,5-6,8-10,12-13H2,1H3,(H2,17,18,19). The monoisotopic (exact) mass is 356 g/mol. The molecule has 1 aromatic heterocycles. The van der Waals surface area contributed by atoms with Gasteiger partial charge in [-0.2, -0.15) is 0 Å². The molecule has 7 nitrogen and oxygen atoms in total. The Labute approximate surface area is 144 Å². The van der Waals surface area contributed by atoms with Gasteiger partial charge in [0.2, 0.25) is 10.0 Å². The predicted octanol–water partition coefficient (Wildman–Crippen LogP) is 1.10. The molecule has 0 bridgehead atoms. The van der Waals surface area contributed by atoms with Crippen molar-refractivity contribution in [1.29, 1.82) is 0 Å². The van der Waals surface area contributed by atoms with Crippen LogP contribution in [0.5, 0.6) is 0 Å². The van der Waals surface area contributed by atoms with Crippen molar-refractivity contribution in [3.05, 3.63) is 24.2 Å². The van der Waals surface area contributed by atoms with Gasteiger partial charge in [0.15, 0.2) is 5.96 Å². The zero-order valence-electron chi connectivity index (χ0n) is 14.3. The second kappa shape index (κ2) is 9.68. The fourth-order valence-electron chi connectivity index (χ4n) is 2.39. The fourth-order valence-corrected chi connectivity index (χ4v) is 3.36. The second-order valence-corrected chi connectivity index (χ2v) is 7.91. The predicted molar refractivity (Wildman–Crippen MR) is 95.5 cm³/mol. The van der Waals surface area contributed by atoms with E-state index in [1.165, 1.54) is 6.42 Å². The minimum Gasteiger partial charge on any atom is -0.469 e. The van der Waals surface area contributed by atoms with Crippen molar-refractivity contribution in [2.45, 2.75) is 32.6 Å². The van der Waals surface area contributed by atoms with Crippen LogP contribution < -0.4 is 15.4 Å². The maximum absolute atomic E-state index is 12.0. The summed E-state index contributed by atoms with van der Waals surface area (Å²) >= 11 is 0. The molecule has 0 saturated heterocycles. The summed E-state index contributed by atoms with van der Waals surface area (Å²) in [6, 6.07) is 3.78. The van der Waals surface area contributed by atoms with E-state index < -0.39 is 10.0 Å². The Morgan fingerprint density at radius 1 is 1.38 bits per heavy atom. The summed E-state index contributed by atoms with van der Waals surface area (Å²) < 4.78 is 31.9. The van der Waals surface area contributed by atoms with Gasteiger partial charge in [0.1, 0.15) is 5.76 Å². The van der Waals surface area contributed by atoms with E-state index in [2.05, 4.69) is 20.3 Å². The number of guanidine groups is 1. The van der Waals surface area contributed by atoms with Crippen LogP contribution >= 0.6 is 0 Å². The molecule has 136 valence electrons. The van der Waals surface area contributed by atoms with Crippen LogP contribution in [0.15, 0.2) is 27.8 Å². The second-order valence-electron chi connectivity index (χ2n) is 5.98. The van der Waals surface area contributed by atoms with Crippen LogP contribution in [0.1, 0.15) is 31.9 Å². The summed E-state index contributed by atoms with van der Waals surface area (Å²) in [5.41, 5.74) is 0. The molecule has 0 radical (unpaired) electrons. The lowest BCUT2D eigenvalue weighted by atomic mass is 9.86. The highest BCUT2D eigenvalue weighted by atomic mass is 32.2. The van der Waals surface area contributed by atoms with Crippen LogP contribution in [0.3, 0.4) is 0 Å². The van der Waals surface area contributed by atoms with E-state index >= 15 is 0 Å². The number of hydrogen-bond donors (Lipinski definition) is 3. The molecular weight excluding hydrogens is 328 g/mol. The summed E-state index contributed by atoms with van der Waals surface area (Å²) in [5, 5.41) is 6.29. The van der Waals surface area contributed by atoms with E-state index in [4.69, 9.17) is 4.42 Å². The number of rotatable bonds is 10. The highest BCUT2D eigenvalue weighted by Gasteiger charge is 2.19. The first-order valence-corrected chi connectivity index (χ1v) is 10.3. The topological polar surface area (TPSA) is 95.7 Å². The van der Waals surface area contributed by atoms with Crippen LogP contribution in [0.2, 0.25) is 0 Å². The van der Waals surface area contributed by atoms with Gasteiger partial charge in [-0.1, -0.05) is 6.42 Å². The maximum Gasteiger partial charge on any atom is 0.213 e. The summed E-state index contributed by atoms with van der Waals surface area (Å²) in [4.78, 5) is 4.32. The summed E-state index contributed by atoms with van der Waals surface area (Å²) in [6.07, 6.45) is 5.87. The number of furan rings is 1. The van der Waals surface area contributed by atoms with E-state index in [-0.39, 0.29) is 12.3 Å². The van der Waals surface area contributed by atoms with Gasteiger partial charge in [-0.15, -0.1) is 0 Å². The summed E-state index contributed by atoms with van der Waals surface area (Å²) in [6.45, 7) is 4.16. The van der Waals surface area contributed by atoms with Crippen molar-refractivity contribution in [2.24, 2.45) is 10.9 Å². The minimum atomic E-state index is -3.25. The average Bonchev–Trinajstić information content (AvgIpc) is 2.98. The van der Waals surface area contributed by atoms with Gasteiger partial charge in [0.25, 0.3) is 0 Å². The molecular formula is C16H28N4O3S. The van der Waals surface area contributed by atoms with Crippen LogP contribution in [0.25, 0.3) is 0 Å². The molecule has 1 saturated carbocycles. The number of sulfonamides is 1. The molecule has 1 heterocycles. The van der Waals surface area contributed by atoms with Gasteiger partial charge in [-0.3, -0.25) is 4.99 Å². The SMILES string of the molecule is CCNC(=NCCS(=O)(=O)NCC1CCC1)NCCc1ccco1. The molecule has 3 N–H and O–H groups in total. The molecule has 0 atom stereocenters. The number of nitrogens with zero attached hydrogens (tertiary/aromatic N) is 1. The number of aliphatic imine (C=N–C) groups is 1. The Hall–Kier alpha value is -1.54. The van der Waals surface area contributed by atoms with E-state index in [0.29, 0.717) is 25.0 Å². The number of nitrogens with one attached hydrogen (secondary N) is 3. The molecule has 24 heavy (non-hydrogen) atoms. The van der Waals surface area contributed by atoms with Crippen molar-refractivity contribution in [3.63, 3.8) is 0 Å². The zero-order chi connectivity index (χ0) is 17.3. The average molecular weight is 356 g/mol. The van der Waals surface area contributed by atoms with Crippen molar-refractivity contribution < 1.29 is 12.8 Å². The van der Waals surface area contributed by atoms with E-state index in [9.17, 15) is 8.42 Å². The Kier molecular flexibility index (Phi) is 7.58. The largest absolute Gasteiger partial charge is 0.469 e. The molecule has 2 rings (SSSR count). The van der Waals surface area contributed by atoms with Crippen LogP contribution in [0, 0.1) is 5.92 Å². The molecule has 0 unspecified atom stereocenters. The van der Waals surface area contributed by atoms with Crippen LogP contribution in [0.4, 0.5) is 0 Å². The smallest absolute Gasteiger partial charge is 0.213 e. The van der Waals surface area contributed by atoms with E-state index in [1.807, 2.05) is 19.1 Å².